The van der Waals surface area contributed by atoms with Crippen molar-refractivity contribution in [2.75, 3.05) is 6.54 Å². The predicted molar refractivity (Wildman–Crippen MR) is 76.4 cm³/mol. The summed E-state index contributed by atoms with van der Waals surface area (Å²) < 4.78 is 0. The van der Waals surface area contributed by atoms with Crippen molar-refractivity contribution in [3.63, 3.8) is 0 Å². The van der Waals surface area contributed by atoms with Crippen LogP contribution in [0.5, 0.6) is 0 Å². The van der Waals surface area contributed by atoms with Crippen molar-refractivity contribution >= 4 is 0 Å². The topological polar surface area (TPSA) is 12.0 Å². The molecule has 0 aromatic heterocycles. The van der Waals surface area contributed by atoms with Crippen molar-refractivity contribution in [2.24, 2.45) is 0 Å². The van der Waals surface area contributed by atoms with Gasteiger partial charge in [0.25, 0.3) is 0 Å². The molecule has 0 aliphatic heterocycles. The van der Waals surface area contributed by atoms with Gasteiger partial charge in [-0.3, -0.25) is 0 Å². The van der Waals surface area contributed by atoms with Gasteiger partial charge in [0.2, 0.25) is 0 Å². The lowest BCUT2D eigenvalue weighted by atomic mass is 10.00. The van der Waals surface area contributed by atoms with E-state index in [4.69, 9.17) is 0 Å². The van der Waals surface area contributed by atoms with Crippen molar-refractivity contribution in [3.05, 3.63) is 35.9 Å². The van der Waals surface area contributed by atoms with Gasteiger partial charge in [0, 0.05) is 6.04 Å². The van der Waals surface area contributed by atoms with Crippen LogP contribution in [0.2, 0.25) is 0 Å². The van der Waals surface area contributed by atoms with Crippen molar-refractivity contribution in [2.45, 2.75) is 58.4 Å². The number of hydrogen-bond acceptors (Lipinski definition) is 1. The molecular formula is C16H27N. The molecule has 1 rings (SSSR count). The second kappa shape index (κ2) is 9.23. The van der Waals surface area contributed by atoms with Crippen molar-refractivity contribution in [1.82, 2.24) is 5.32 Å². The maximum atomic E-state index is 3.61. The molecule has 1 aromatic rings. The van der Waals surface area contributed by atoms with Crippen LogP contribution >= 0.6 is 0 Å². The summed E-state index contributed by atoms with van der Waals surface area (Å²) in [4.78, 5) is 0. The third-order valence-electron chi connectivity index (χ3n) is 3.22. The van der Waals surface area contributed by atoms with E-state index in [0.29, 0.717) is 6.04 Å². The Morgan fingerprint density at radius 2 is 1.76 bits per heavy atom. The predicted octanol–water partition coefficient (Wildman–Crippen LogP) is 4.18. The zero-order valence-corrected chi connectivity index (χ0v) is 11.4. The van der Waals surface area contributed by atoms with E-state index in [1.807, 2.05) is 0 Å². The number of benzene rings is 1. The number of nitrogens with one attached hydrogen (secondary N) is 1. The summed E-state index contributed by atoms with van der Waals surface area (Å²) in [5.41, 5.74) is 1.45. The zero-order valence-electron chi connectivity index (χ0n) is 11.4. The molecule has 0 bridgehead atoms. The van der Waals surface area contributed by atoms with Gasteiger partial charge in [0.15, 0.2) is 0 Å². The number of likely N-dealkylation sites (N-methyl/N-ethyl adjacent to an activating group) is 1. The van der Waals surface area contributed by atoms with Crippen molar-refractivity contribution < 1.29 is 0 Å². The van der Waals surface area contributed by atoms with E-state index in [0.717, 1.165) is 6.54 Å². The van der Waals surface area contributed by atoms with Crippen LogP contribution in [0.4, 0.5) is 0 Å². The second-order valence-electron chi connectivity index (χ2n) is 4.79. The summed E-state index contributed by atoms with van der Waals surface area (Å²) in [6.07, 6.45) is 7.92. The molecule has 0 heterocycles. The fourth-order valence-corrected chi connectivity index (χ4v) is 2.28. The first-order valence-electron chi connectivity index (χ1n) is 7.14. The van der Waals surface area contributed by atoms with Crippen molar-refractivity contribution in [3.8, 4) is 0 Å². The summed E-state index contributed by atoms with van der Waals surface area (Å²) in [6.45, 7) is 5.54. The highest BCUT2D eigenvalue weighted by molar-refractivity contribution is 5.15. The third-order valence-corrected chi connectivity index (χ3v) is 3.22. The lowest BCUT2D eigenvalue weighted by Gasteiger charge is -2.17. The Labute approximate surface area is 107 Å². The lowest BCUT2D eigenvalue weighted by molar-refractivity contribution is 0.463. The smallest absolute Gasteiger partial charge is 0.0107 e. The van der Waals surface area contributed by atoms with Crippen LogP contribution < -0.4 is 5.32 Å². The fraction of sp³-hybridized carbons (Fsp3) is 0.625. The minimum atomic E-state index is 0.652. The first kappa shape index (κ1) is 14.2. The van der Waals surface area contributed by atoms with Crippen molar-refractivity contribution in [1.29, 1.82) is 0 Å². The summed E-state index contributed by atoms with van der Waals surface area (Å²) in [6, 6.07) is 11.5. The highest BCUT2D eigenvalue weighted by Crippen LogP contribution is 2.10. The molecule has 1 nitrogen and oxygen atoms in total. The van der Waals surface area contributed by atoms with Crippen LogP contribution in [0.1, 0.15) is 51.5 Å². The van der Waals surface area contributed by atoms with E-state index in [-0.39, 0.29) is 0 Å². The van der Waals surface area contributed by atoms with Crippen LogP contribution in [0.15, 0.2) is 30.3 Å². The van der Waals surface area contributed by atoms with Gasteiger partial charge in [0.1, 0.15) is 0 Å². The Balaban J connectivity index is 2.32. The second-order valence-corrected chi connectivity index (χ2v) is 4.79. The number of rotatable bonds is 9. The minimum absolute atomic E-state index is 0.652. The van der Waals surface area contributed by atoms with E-state index in [9.17, 15) is 0 Å². The van der Waals surface area contributed by atoms with E-state index >= 15 is 0 Å². The highest BCUT2D eigenvalue weighted by Gasteiger charge is 2.07. The van der Waals surface area contributed by atoms with Gasteiger partial charge in [-0.2, -0.15) is 0 Å². The van der Waals surface area contributed by atoms with Gasteiger partial charge in [-0.05, 0) is 24.9 Å². The molecule has 1 N–H and O–H groups in total. The fourth-order valence-electron chi connectivity index (χ4n) is 2.28. The summed E-state index contributed by atoms with van der Waals surface area (Å²) >= 11 is 0. The Morgan fingerprint density at radius 3 is 2.41 bits per heavy atom. The van der Waals surface area contributed by atoms with Gasteiger partial charge in [-0.1, -0.05) is 69.9 Å². The van der Waals surface area contributed by atoms with Crippen LogP contribution in [0.3, 0.4) is 0 Å². The monoisotopic (exact) mass is 233 g/mol. The summed E-state index contributed by atoms with van der Waals surface area (Å²) in [7, 11) is 0. The van der Waals surface area contributed by atoms with Gasteiger partial charge in [-0.25, -0.2) is 0 Å². The molecule has 1 heteroatoms. The Kier molecular flexibility index (Phi) is 7.74. The minimum Gasteiger partial charge on any atom is -0.314 e. The van der Waals surface area contributed by atoms with E-state index < -0.39 is 0 Å². The van der Waals surface area contributed by atoms with Gasteiger partial charge < -0.3 is 5.32 Å². The number of hydrogen-bond donors (Lipinski definition) is 1. The molecule has 0 aliphatic rings. The first-order valence-corrected chi connectivity index (χ1v) is 7.14. The maximum Gasteiger partial charge on any atom is 0.0107 e. The van der Waals surface area contributed by atoms with Gasteiger partial charge in [-0.15, -0.1) is 0 Å². The van der Waals surface area contributed by atoms with Gasteiger partial charge >= 0.3 is 0 Å². The van der Waals surface area contributed by atoms with E-state index in [1.165, 1.54) is 44.1 Å². The quantitative estimate of drug-likeness (QED) is 0.631. The number of unbranched alkanes of at least 4 members (excludes halogenated alkanes) is 3. The summed E-state index contributed by atoms with van der Waals surface area (Å²) in [5, 5.41) is 3.61. The standard InChI is InChI=1S/C16H27N/c1-3-5-6-10-13-16(17-4-2)14-15-11-8-7-9-12-15/h7-9,11-12,16-17H,3-6,10,13-14H2,1-2H3. The molecule has 1 atom stereocenters. The van der Waals surface area contributed by atoms with Crippen LogP contribution in [-0.2, 0) is 6.42 Å². The molecule has 0 spiro atoms. The normalized spacial score (nSPS) is 12.6. The molecule has 0 radical (unpaired) electrons. The molecule has 0 aliphatic carbocycles. The average Bonchev–Trinajstić information content (AvgIpc) is 2.36. The van der Waals surface area contributed by atoms with Crippen LogP contribution in [0, 0.1) is 0 Å². The lowest BCUT2D eigenvalue weighted by Crippen LogP contribution is -2.30. The van der Waals surface area contributed by atoms with E-state index in [1.54, 1.807) is 0 Å². The molecule has 17 heavy (non-hydrogen) atoms. The van der Waals surface area contributed by atoms with Crippen LogP contribution in [-0.4, -0.2) is 12.6 Å². The Bertz CT molecular complexity index is 268. The van der Waals surface area contributed by atoms with E-state index in [2.05, 4.69) is 49.5 Å². The SMILES string of the molecule is CCCCCCC(Cc1ccccc1)NCC. The van der Waals surface area contributed by atoms with Gasteiger partial charge in [0.05, 0.1) is 0 Å². The average molecular weight is 233 g/mol. The third kappa shape index (κ3) is 6.48. The molecule has 0 amide bonds. The first-order chi connectivity index (χ1) is 8.36. The molecule has 0 saturated carbocycles. The summed E-state index contributed by atoms with van der Waals surface area (Å²) in [5.74, 6) is 0. The molecule has 0 saturated heterocycles. The van der Waals surface area contributed by atoms with Crippen LogP contribution in [0.25, 0.3) is 0 Å². The molecular weight excluding hydrogens is 206 g/mol. The maximum absolute atomic E-state index is 3.61. The molecule has 96 valence electrons. The Morgan fingerprint density at radius 1 is 1.00 bits per heavy atom. The zero-order chi connectivity index (χ0) is 12.3. The Hall–Kier alpha value is -0.820. The molecule has 1 unspecified atom stereocenters. The largest absolute Gasteiger partial charge is 0.314 e. The molecule has 1 aromatic carbocycles. The highest BCUT2D eigenvalue weighted by atomic mass is 14.9. The molecule has 0 fully saturated rings.